The molecule has 6 rings (SSSR count). The summed E-state index contributed by atoms with van der Waals surface area (Å²) < 4.78 is 0. The Morgan fingerprint density at radius 3 is 2.70 bits per heavy atom. The number of hydrogen-bond donors (Lipinski definition) is 3. The van der Waals surface area contributed by atoms with Crippen LogP contribution >= 0.6 is 0 Å². The molecule has 11 nitrogen and oxygen atoms in total. The minimum Gasteiger partial charge on any atom is -0.347 e. The maximum absolute atomic E-state index is 12.6. The molecular formula is C29H24N10O. The van der Waals surface area contributed by atoms with Crippen LogP contribution in [-0.4, -0.2) is 54.8 Å². The topological polar surface area (TPSA) is 141 Å². The van der Waals surface area contributed by atoms with Crippen LogP contribution in [0.5, 0.6) is 0 Å². The normalized spacial score (nSPS) is 11.6. The lowest BCUT2D eigenvalue weighted by Gasteiger charge is -2.14. The smallest absolute Gasteiger partial charge is 0.255 e. The van der Waals surface area contributed by atoms with Crippen molar-refractivity contribution in [2.75, 3.05) is 17.3 Å². The number of nitrogens with one attached hydrogen (secondary N) is 3. The highest BCUT2D eigenvalue weighted by Crippen LogP contribution is 2.31. The van der Waals surface area contributed by atoms with E-state index in [0.29, 0.717) is 39.6 Å². The molecule has 11 heteroatoms. The number of allylic oxidation sites excluding steroid dienone is 1. The fourth-order valence-corrected chi connectivity index (χ4v) is 4.39. The number of nitrogens with zero attached hydrogens (tertiary/aromatic N) is 7. The number of carbonyl (C=O) groups is 1. The van der Waals surface area contributed by atoms with Gasteiger partial charge in [-0.05, 0) is 44.0 Å². The molecule has 0 unspecified atom stereocenters. The highest BCUT2D eigenvalue weighted by molar-refractivity contribution is 6.04. The van der Waals surface area contributed by atoms with Gasteiger partial charge < -0.3 is 15.2 Å². The summed E-state index contributed by atoms with van der Waals surface area (Å²) in [6.45, 7) is 5.45. The molecule has 0 saturated carbocycles. The monoisotopic (exact) mass is 528 g/mol. The summed E-state index contributed by atoms with van der Waals surface area (Å²) in [6.07, 6.45) is 8.67. The Hall–Kier alpha value is -5.71. The summed E-state index contributed by atoms with van der Waals surface area (Å²) in [5, 5.41) is 11.2. The van der Waals surface area contributed by atoms with Crippen molar-refractivity contribution in [2.24, 2.45) is 4.99 Å². The molecule has 0 aliphatic heterocycles. The second kappa shape index (κ2) is 10.2. The Balaban J connectivity index is 1.35. The third kappa shape index (κ3) is 4.67. The van der Waals surface area contributed by atoms with E-state index in [1.165, 1.54) is 0 Å². The van der Waals surface area contributed by atoms with Crippen molar-refractivity contribution in [3.63, 3.8) is 0 Å². The molecule has 0 saturated heterocycles. The van der Waals surface area contributed by atoms with Gasteiger partial charge in [-0.1, -0.05) is 18.2 Å². The molecule has 0 radical (unpaired) electrons. The van der Waals surface area contributed by atoms with E-state index in [1.807, 2.05) is 61.5 Å². The molecule has 1 aromatic carbocycles. The molecule has 1 amide bonds. The highest BCUT2D eigenvalue weighted by Gasteiger charge is 2.18. The number of aromatic nitrogens is 7. The fraction of sp³-hybridized carbons (Fsp3) is 0.0690. The van der Waals surface area contributed by atoms with Crippen molar-refractivity contribution in [1.29, 1.82) is 0 Å². The van der Waals surface area contributed by atoms with Crippen LogP contribution < -0.4 is 10.2 Å². The molecule has 5 heterocycles. The quantitative estimate of drug-likeness (QED) is 0.242. The zero-order valence-electron chi connectivity index (χ0n) is 21.8. The summed E-state index contributed by atoms with van der Waals surface area (Å²) in [6, 6.07) is 14.7. The molecular weight excluding hydrogens is 504 g/mol. The zero-order chi connectivity index (χ0) is 27.6. The Morgan fingerprint density at radius 1 is 1.05 bits per heavy atom. The summed E-state index contributed by atoms with van der Waals surface area (Å²) in [4.78, 5) is 40.0. The predicted molar refractivity (Wildman–Crippen MR) is 156 cm³/mol. The second-order valence-corrected chi connectivity index (χ2v) is 9.13. The number of aromatic amines is 2. The molecule has 40 heavy (non-hydrogen) atoms. The van der Waals surface area contributed by atoms with Crippen molar-refractivity contribution in [3.05, 3.63) is 90.8 Å². The van der Waals surface area contributed by atoms with Gasteiger partial charge >= 0.3 is 0 Å². The van der Waals surface area contributed by atoms with E-state index >= 15 is 0 Å². The van der Waals surface area contributed by atoms with Crippen LogP contribution in [0.25, 0.3) is 44.8 Å². The Morgan fingerprint density at radius 2 is 1.88 bits per heavy atom. The van der Waals surface area contributed by atoms with Crippen molar-refractivity contribution in [1.82, 2.24) is 35.1 Å². The van der Waals surface area contributed by atoms with Gasteiger partial charge in [0.25, 0.3) is 5.91 Å². The summed E-state index contributed by atoms with van der Waals surface area (Å²) in [7, 11) is 1.92. The highest BCUT2D eigenvalue weighted by atomic mass is 16.1. The molecule has 196 valence electrons. The lowest BCUT2D eigenvalue weighted by Crippen LogP contribution is -2.11. The van der Waals surface area contributed by atoms with E-state index < -0.39 is 0 Å². The van der Waals surface area contributed by atoms with Gasteiger partial charge in [0.2, 0.25) is 0 Å². The van der Waals surface area contributed by atoms with Gasteiger partial charge in [0.1, 0.15) is 11.2 Å². The van der Waals surface area contributed by atoms with Crippen LogP contribution in [0.15, 0.2) is 90.2 Å². The molecule has 6 aromatic rings. The SMILES string of the molecule is C=N/C(C)=C\N(C)c1ccnc2[nH]c(-c3n[nH]c4ncc(-c5cncc(NC(=O)c6ccccc6)c5)cc34)nc12. The van der Waals surface area contributed by atoms with Crippen molar-refractivity contribution >= 4 is 46.2 Å². The number of hydrogen-bond acceptors (Lipinski definition) is 8. The number of aliphatic imine (C=N–C) groups is 1. The Labute approximate surface area is 228 Å². The largest absolute Gasteiger partial charge is 0.347 e. The minimum absolute atomic E-state index is 0.208. The zero-order valence-corrected chi connectivity index (χ0v) is 21.8. The van der Waals surface area contributed by atoms with Crippen LogP contribution in [0, 0.1) is 0 Å². The Bertz CT molecular complexity index is 1900. The standard InChI is InChI=1S/C29H24N10O/c1-17(30-2)16-39(3)23-9-10-32-27-25(23)35-28(36-27)24-22-12-20(14-33-26(22)38-37-24)19-11-21(15-31-13-19)34-29(40)18-7-5-4-6-8-18/h4-16H,2H2,1,3H3,(H,34,40)(H,32,35,36)(H,33,37,38)/b17-16-. The predicted octanol–water partition coefficient (Wildman–Crippen LogP) is 5.21. The molecule has 3 N–H and O–H groups in total. The van der Waals surface area contributed by atoms with Crippen LogP contribution in [0.3, 0.4) is 0 Å². The van der Waals surface area contributed by atoms with Crippen molar-refractivity contribution < 1.29 is 4.79 Å². The van der Waals surface area contributed by atoms with Gasteiger partial charge in [0.15, 0.2) is 17.1 Å². The van der Waals surface area contributed by atoms with Crippen LogP contribution in [0.1, 0.15) is 17.3 Å². The summed E-state index contributed by atoms with van der Waals surface area (Å²) in [5.41, 5.74) is 6.92. The molecule has 0 aliphatic rings. The van der Waals surface area contributed by atoms with Crippen LogP contribution in [0.4, 0.5) is 11.4 Å². The summed E-state index contributed by atoms with van der Waals surface area (Å²) >= 11 is 0. The minimum atomic E-state index is -0.208. The number of imidazole rings is 1. The lowest BCUT2D eigenvalue weighted by atomic mass is 10.1. The Kier molecular flexibility index (Phi) is 6.29. The van der Waals surface area contributed by atoms with Gasteiger partial charge in [-0.15, -0.1) is 0 Å². The van der Waals surface area contributed by atoms with E-state index in [2.05, 4.69) is 47.2 Å². The number of anilines is 2. The molecule has 0 fully saturated rings. The van der Waals surface area contributed by atoms with E-state index in [0.717, 1.165) is 27.9 Å². The number of benzene rings is 1. The molecule has 0 aliphatic carbocycles. The summed E-state index contributed by atoms with van der Waals surface area (Å²) in [5.74, 6) is 0.346. The number of fused-ring (bicyclic) bond motifs is 2. The first-order chi connectivity index (χ1) is 19.5. The fourth-order valence-electron chi connectivity index (χ4n) is 4.39. The van der Waals surface area contributed by atoms with E-state index in [-0.39, 0.29) is 5.91 Å². The van der Waals surface area contributed by atoms with E-state index in [4.69, 9.17) is 4.98 Å². The number of rotatable bonds is 7. The number of pyridine rings is 3. The van der Waals surface area contributed by atoms with Crippen LogP contribution in [0.2, 0.25) is 0 Å². The third-order valence-electron chi connectivity index (χ3n) is 6.38. The first-order valence-electron chi connectivity index (χ1n) is 12.4. The van der Waals surface area contributed by atoms with Gasteiger partial charge in [-0.2, -0.15) is 5.10 Å². The lowest BCUT2D eigenvalue weighted by molar-refractivity contribution is 0.102. The molecule has 0 spiro atoms. The first kappa shape index (κ1) is 24.6. The maximum atomic E-state index is 12.6. The van der Waals surface area contributed by atoms with Gasteiger partial charge in [-0.25, -0.2) is 15.0 Å². The van der Waals surface area contributed by atoms with Crippen molar-refractivity contribution in [3.8, 4) is 22.6 Å². The number of amides is 1. The van der Waals surface area contributed by atoms with Gasteiger partial charge in [0.05, 0.1) is 28.7 Å². The van der Waals surface area contributed by atoms with Gasteiger partial charge in [-0.3, -0.25) is 19.9 Å². The average molecular weight is 529 g/mol. The number of H-pyrrole nitrogens is 2. The molecule has 5 aromatic heterocycles. The second-order valence-electron chi connectivity index (χ2n) is 9.13. The van der Waals surface area contributed by atoms with Crippen molar-refractivity contribution in [2.45, 2.75) is 6.92 Å². The average Bonchev–Trinajstić information content (AvgIpc) is 3.61. The third-order valence-corrected chi connectivity index (χ3v) is 6.38. The van der Waals surface area contributed by atoms with E-state index in [1.54, 1.807) is 36.9 Å². The van der Waals surface area contributed by atoms with Crippen LogP contribution in [-0.2, 0) is 0 Å². The van der Waals surface area contributed by atoms with Gasteiger partial charge in [0, 0.05) is 48.5 Å². The first-order valence-corrected chi connectivity index (χ1v) is 12.4. The molecule has 0 bridgehead atoms. The number of carbonyl (C=O) groups excluding carboxylic acids is 1. The van der Waals surface area contributed by atoms with E-state index in [9.17, 15) is 4.79 Å². The maximum Gasteiger partial charge on any atom is 0.255 e. The molecule has 0 atom stereocenters.